The minimum atomic E-state index is -0.386. The highest BCUT2D eigenvalue weighted by Crippen LogP contribution is 2.28. The number of nitrogens with one attached hydrogen (secondary N) is 1. The summed E-state index contributed by atoms with van der Waals surface area (Å²) in [4.78, 5) is 26.5. The van der Waals surface area contributed by atoms with Gasteiger partial charge in [-0.2, -0.15) is 0 Å². The van der Waals surface area contributed by atoms with Crippen molar-refractivity contribution in [2.24, 2.45) is 11.8 Å². The first-order valence-corrected chi connectivity index (χ1v) is 9.24. The third-order valence-electron chi connectivity index (χ3n) is 5.30. The molecule has 1 saturated heterocycles. The number of hydrogen-bond acceptors (Lipinski definition) is 3. The summed E-state index contributed by atoms with van der Waals surface area (Å²) in [6.45, 7) is 4.98. The van der Waals surface area contributed by atoms with Crippen LogP contribution in [0, 0.1) is 11.8 Å². The molecule has 2 rings (SSSR count). The minimum Gasteiger partial charge on any atom is -0.393 e. The second-order valence-electron chi connectivity index (χ2n) is 7.48. The van der Waals surface area contributed by atoms with Crippen LogP contribution in [0.5, 0.6) is 0 Å². The van der Waals surface area contributed by atoms with Gasteiger partial charge in [0.05, 0.1) is 12.0 Å². The molecule has 2 amide bonds. The highest BCUT2D eigenvalue weighted by molar-refractivity contribution is 5.89. The van der Waals surface area contributed by atoms with Crippen LogP contribution in [0.15, 0.2) is 0 Å². The first-order valence-electron chi connectivity index (χ1n) is 9.24. The van der Waals surface area contributed by atoms with E-state index in [9.17, 15) is 14.7 Å². The van der Waals surface area contributed by atoms with Gasteiger partial charge in [0.1, 0.15) is 0 Å². The Morgan fingerprint density at radius 3 is 2.52 bits per heavy atom. The number of aliphatic hydroxyl groups excluding tert-OH is 1. The van der Waals surface area contributed by atoms with Crippen LogP contribution >= 0.6 is 0 Å². The van der Waals surface area contributed by atoms with Crippen molar-refractivity contribution in [2.75, 3.05) is 13.1 Å². The molecule has 5 heteroatoms. The zero-order chi connectivity index (χ0) is 16.8. The smallest absolute Gasteiger partial charge is 0.225 e. The van der Waals surface area contributed by atoms with Crippen molar-refractivity contribution in [1.82, 2.24) is 10.2 Å². The Morgan fingerprint density at radius 2 is 1.91 bits per heavy atom. The van der Waals surface area contributed by atoms with E-state index < -0.39 is 0 Å². The van der Waals surface area contributed by atoms with E-state index in [-0.39, 0.29) is 29.8 Å². The molecule has 2 fully saturated rings. The molecule has 2 unspecified atom stereocenters. The van der Waals surface area contributed by atoms with Crippen molar-refractivity contribution >= 4 is 11.8 Å². The first kappa shape index (κ1) is 18.2. The largest absolute Gasteiger partial charge is 0.393 e. The van der Waals surface area contributed by atoms with E-state index in [1.54, 1.807) is 0 Å². The quantitative estimate of drug-likeness (QED) is 0.735. The van der Waals surface area contributed by atoms with Crippen molar-refractivity contribution in [3.05, 3.63) is 0 Å². The highest BCUT2D eigenvalue weighted by atomic mass is 16.3. The molecule has 23 heavy (non-hydrogen) atoms. The van der Waals surface area contributed by atoms with Gasteiger partial charge in [0.15, 0.2) is 0 Å². The highest BCUT2D eigenvalue weighted by Gasteiger charge is 2.37. The van der Waals surface area contributed by atoms with Gasteiger partial charge < -0.3 is 15.3 Å². The molecule has 1 aliphatic heterocycles. The van der Waals surface area contributed by atoms with Crippen molar-refractivity contribution < 1.29 is 14.7 Å². The third-order valence-corrected chi connectivity index (χ3v) is 5.30. The number of rotatable bonds is 6. The minimum absolute atomic E-state index is 0.0366. The lowest BCUT2D eigenvalue weighted by atomic mass is 10.0. The van der Waals surface area contributed by atoms with E-state index in [2.05, 4.69) is 5.32 Å². The Kier molecular flexibility index (Phi) is 6.88. The molecular formula is C18H32N2O3. The lowest BCUT2D eigenvalue weighted by Crippen LogP contribution is -2.38. The first-order chi connectivity index (χ1) is 11.0. The van der Waals surface area contributed by atoms with Crippen LogP contribution in [0.4, 0.5) is 0 Å². The average Bonchev–Trinajstić information content (AvgIpc) is 2.73. The van der Waals surface area contributed by atoms with Gasteiger partial charge in [-0.1, -0.05) is 39.5 Å². The summed E-state index contributed by atoms with van der Waals surface area (Å²) in [5.41, 5.74) is 0. The molecule has 2 N–H and O–H groups in total. The van der Waals surface area contributed by atoms with Gasteiger partial charge in [-0.3, -0.25) is 9.59 Å². The molecule has 1 saturated carbocycles. The molecule has 0 aromatic carbocycles. The van der Waals surface area contributed by atoms with Crippen LogP contribution in [-0.2, 0) is 9.59 Å². The predicted molar refractivity (Wildman–Crippen MR) is 89.8 cm³/mol. The zero-order valence-electron chi connectivity index (χ0n) is 14.6. The van der Waals surface area contributed by atoms with E-state index in [0.717, 1.165) is 12.8 Å². The lowest BCUT2D eigenvalue weighted by Gasteiger charge is -2.27. The number of aliphatic hydroxyl groups is 1. The topological polar surface area (TPSA) is 69.6 Å². The van der Waals surface area contributed by atoms with Gasteiger partial charge in [-0.25, -0.2) is 0 Å². The molecule has 5 nitrogen and oxygen atoms in total. The third kappa shape index (κ3) is 5.20. The maximum atomic E-state index is 12.3. The predicted octanol–water partition coefficient (Wildman–Crippen LogP) is 2.08. The van der Waals surface area contributed by atoms with Crippen LogP contribution in [0.1, 0.15) is 65.2 Å². The molecular weight excluding hydrogens is 292 g/mol. The average molecular weight is 324 g/mol. The summed E-state index contributed by atoms with van der Waals surface area (Å²) >= 11 is 0. The van der Waals surface area contributed by atoms with Gasteiger partial charge in [0.25, 0.3) is 0 Å². The Balaban J connectivity index is 1.78. The number of nitrogens with zero attached hydrogens (tertiary/aromatic N) is 1. The van der Waals surface area contributed by atoms with E-state index in [0.29, 0.717) is 32.0 Å². The number of carbonyl (C=O) groups is 2. The van der Waals surface area contributed by atoms with Gasteiger partial charge in [-0.05, 0) is 25.2 Å². The molecule has 0 aromatic heterocycles. The molecule has 132 valence electrons. The summed E-state index contributed by atoms with van der Waals surface area (Å²) in [6.07, 6.45) is 7.60. The van der Waals surface area contributed by atoms with E-state index >= 15 is 0 Å². The number of hydrogen-bond donors (Lipinski definition) is 2. The Hall–Kier alpha value is -1.10. The molecule has 0 bridgehead atoms. The SMILES string of the molecule is CC(C)C(O)CCNC(=O)C1CC(=O)N(C2CCCCCC2)C1. The fraction of sp³-hybridized carbons (Fsp3) is 0.889. The van der Waals surface area contributed by atoms with Crippen molar-refractivity contribution in [3.63, 3.8) is 0 Å². The van der Waals surface area contributed by atoms with Crippen LogP contribution < -0.4 is 5.32 Å². The standard InChI is InChI=1S/C18H32N2O3/c1-13(2)16(21)9-10-19-18(23)14-11-17(22)20(12-14)15-7-5-3-4-6-8-15/h13-16,21H,3-12H2,1-2H3,(H,19,23). The van der Waals surface area contributed by atoms with E-state index in [1.807, 2.05) is 18.7 Å². The number of carbonyl (C=O) groups excluding carboxylic acids is 2. The van der Waals surface area contributed by atoms with Crippen molar-refractivity contribution in [2.45, 2.75) is 77.4 Å². The summed E-state index contributed by atoms with van der Waals surface area (Å²) in [7, 11) is 0. The van der Waals surface area contributed by atoms with Crippen LogP contribution in [-0.4, -0.2) is 47.1 Å². The molecule has 2 atom stereocenters. The van der Waals surface area contributed by atoms with Crippen LogP contribution in [0.2, 0.25) is 0 Å². The normalized spacial score (nSPS) is 24.8. The summed E-state index contributed by atoms with van der Waals surface area (Å²) < 4.78 is 0. The van der Waals surface area contributed by atoms with Crippen LogP contribution in [0.25, 0.3) is 0 Å². The monoisotopic (exact) mass is 324 g/mol. The second kappa shape index (κ2) is 8.67. The summed E-state index contributed by atoms with van der Waals surface area (Å²) in [5, 5.41) is 12.7. The summed E-state index contributed by atoms with van der Waals surface area (Å²) in [5.74, 6) is 0.0809. The molecule has 0 aromatic rings. The Labute approximate surface area is 139 Å². The molecule has 1 heterocycles. The van der Waals surface area contributed by atoms with Gasteiger partial charge in [0, 0.05) is 25.6 Å². The van der Waals surface area contributed by atoms with E-state index in [4.69, 9.17) is 0 Å². The van der Waals surface area contributed by atoms with E-state index in [1.165, 1.54) is 25.7 Å². The fourth-order valence-electron chi connectivity index (χ4n) is 3.65. The number of likely N-dealkylation sites (tertiary alicyclic amines) is 1. The maximum Gasteiger partial charge on any atom is 0.225 e. The molecule has 0 spiro atoms. The van der Waals surface area contributed by atoms with Gasteiger partial charge in [-0.15, -0.1) is 0 Å². The fourth-order valence-corrected chi connectivity index (χ4v) is 3.65. The Bertz CT molecular complexity index is 403. The zero-order valence-corrected chi connectivity index (χ0v) is 14.6. The summed E-state index contributed by atoms with van der Waals surface area (Å²) in [6, 6.07) is 0.338. The molecule has 1 aliphatic carbocycles. The number of amides is 2. The molecule has 0 radical (unpaired) electrons. The molecule has 2 aliphatic rings. The maximum absolute atomic E-state index is 12.3. The lowest BCUT2D eigenvalue weighted by molar-refractivity contribution is -0.130. The second-order valence-corrected chi connectivity index (χ2v) is 7.48. The van der Waals surface area contributed by atoms with Gasteiger partial charge in [0.2, 0.25) is 11.8 Å². The van der Waals surface area contributed by atoms with Gasteiger partial charge >= 0.3 is 0 Å². The Morgan fingerprint density at radius 1 is 1.26 bits per heavy atom. The van der Waals surface area contributed by atoms with Crippen molar-refractivity contribution in [1.29, 1.82) is 0 Å². The van der Waals surface area contributed by atoms with Crippen LogP contribution in [0.3, 0.4) is 0 Å². The van der Waals surface area contributed by atoms with Crippen molar-refractivity contribution in [3.8, 4) is 0 Å².